The van der Waals surface area contributed by atoms with Gasteiger partial charge in [0.05, 0.1) is 0 Å². The molecule has 1 fully saturated rings. The third kappa shape index (κ3) is 3.38. The molecule has 5 heteroatoms. The van der Waals surface area contributed by atoms with Crippen molar-refractivity contribution in [1.29, 1.82) is 0 Å². The first-order valence-electron chi connectivity index (χ1n) is 8.95. The Balaban J connectivity index is 1.40. The predicted molar refractivity (Wildman–Crippen MR) is 98.8 cm³/mol. The summed E-state index contributed by atoms with van der Waals surface area (Å²) >= 11 is 0. The fourth-order valence-electron chi connectivity index (χ4n) is 3.49. The zero-order chi connectivity index (χ0) is 17.9. The molecule has 0 atom stereocenters. The van der Waals surface area contributed by atoms with E-state index in [1.54, 1.807) is 6.92 Å². The molecule has 0 unspecified atom stereocenters. The highest BCUT2D eigenvalue weighted by Gasteiger charge is 2.24. The van der Waals surface area contributed by atoms with Gasteiger partial charge < -0.3 is 9.42 Å². The summed E-state index contributed by atoms with van der Waals surface area (Å²) in [6.45, 7) is 3.37. The SMILES string of the molecule is Cc1noc(-c2ccc(C(=O)N3CCC(c4ccccc4)CC3)cc2)n1. The predicted octanol–water partition coefficient (Wildman–Crippen LogP) is 4.06. The molecule has 4 rings (SSSR count). The molecule has 0 spiro atoms. The van der Waals surface area contributed by atoms with Crippen molar-refractivity contribution >= 4 is 5.91 Å². The normalized spacial score (nSPS) is 15.2. The number of carbonyl (C=O) groups excluding carboxylic acids is 1. The summed E-state index contributed by atoms with van der Waals surface area (Å²) in [5.74, 6) is 1.71. The van der Waals surface area contributed by atoms with Crippen LogP contribution in [0.2, 0.25) is 0 Å². The van der Waals surface area contributed by atoms with E-state index in [0.717, 1.165) is 31.5 Å². The second-order valence-corrected chi connectivity index (χ2v) is 6.70. The third-order valence-electron chi connectivity index (χ3n) is 4.96. The number of carbonyl (C=O) groups is 1. The molecule has 0 N–H and O–H groups in total. The third-order valence-corrected chi connectivity index (χ3v) is 4.96. The van der Waals surface area contributed by atoms with Crippen LogP contribution in [0.5, 0.6) is 0 Å². The summed E-state index contributed by atoms with van der Waals surface area (Å²) in [6.07, 6.45) is 2.02. The van der Waals surface area contributed by atoms with Gasteiger partial charge in [-0.05, 0) is 55.5 Å². The van der Waals surface area contributed by atoms with Gasteiger partial charge in [-0.3, -0.25) is 4.79 Å². The summed E-state index contributed by atoms with van der Waals surface area (Å²) in [5.41, 5.74) is 2.90. The second kappa shape index (κ2) is 7.12. The van der Waals surface area contributed by atoms with E-state index in [0.29, 0.717) is 23.2 Å². The van der Waals surface area contributed by atoms with Crippen LogP contribution in [-0.4, -0.2) is 34.0 Å². The van der Waals surface area contributed by atoms with Gasteiger partial charge in [0, 0.05) is 24.2 Å². The Hall–Kier alpha value is -2.95. The van der Waals surface area contributed by atoms with Crippen LogP contribution in [0.3, 0.4) is 0 Å². The molecule has 3 aromatic rings. The molecular formula is C21H21N3O2. The maximum atomic E-state index is 12.8. The van der Waals surface area contributed by atoms with Gasteiger partial charge in [0.25, 0.3) is 11.8 Å². The smallest absolute Gasteiger partial charge is 0.257 e. The zero-order valence-electron chi connectivity index (χ0n) is 14.8. The first-order valence-corrected chi connectivity index (χ1v) is 8.95. The largest absolute Gasteiger partial charge is 0.339 e. The van der Waals surface area contributed by atoms with Gasteiger partial charge >= 0.3 is 0 Å². The average Bonchev–Trinajstić information content (AvgIpc) is 3.15. The second-order valence-electron chi connectivity index (χ2n) is 6.70. The summed E-state index contributed by atoms with van der Waals surface area (Å²) in [6, 6.07) is 18.0. The van der Waals surface area contributed by atoms with Crippen LogP contribution in [0, 0.1) is 6.92 Å². The van der Waals surface area contributed by atoms with E-state index in [1.807, 2.05) is 35.2 Å². The fraction of sp³-hybridized carbons (Fsp3) is 0.286. The molecule has 132 valence electrons. The molecule has 1 aliphatic rings. The maximum absolute atomic E-state index is 12.8. The molecule has 26 heavy (non-hydrogen) atoms. The minimum absolute atomic E-state index is 0.0878. The number of benzene rings is 2. The van der Waals surface area contributed by atoms with Crippen LogP contribution < -0.4 is 0 Å². The highest BCUT2D eigenvalue weighted by Crippen LogP contribution is 2.28. The number of hydrogen-bond acceptors (Lipinski definition) is 4. The first-order chi connectivity index (χ1) is 12.7. The number of nitrogens with zero attached hydrogens (tertiary/aromatic N) is 3. The Morgan fingerprint density at radius 3 is 2.35 bits per heavy atom. The summed E-state index contributed by atoms with van der Waals surface area (Å²) < 4.78 is 5.16. The van der Waals surface area contributed by atoms with E-state index >= 15 is 0 Å². The van der Waals surface area contributed by atoms with E-state index in [-0.39, 0.29) is 5.91 Å². The number of aromatic nitrogens is 2. The topological polar surface area (TPSA) is 59.2 Å². The quantitative estimate of drug-likeness (QED) is 0.717. The molecule has 1 aliphatic heterocycles. The summed E-state index contributed by atoms with van der Waals surface area (Å²) in [7, 11) is 0. The molecule has 0 bridgehead atoms. The monoisotopic (exact) mass is 347 g/mol. The van der Waals surface area contributed by atoms with Crippen molar-refractivity contribution in [1.82, 2.24) is 15.0 Å². The standard InChI is InChI=1S/C21H21N3O2/c1-15-22-20(26-23-15)18-7-9-19(10-8-18)21(25)24-13-11-17(12-14-24)16-5-3-2-4-6-16/h2-10,17H,11-14H2,1H3. The lowest BCUT2D eigenvalue weighted by Crippen LogP contribution is -2.37. The van der Waals surface area contributed by atoms with Crippen molar-refractivity contribution in [3.8, 4) is 11.5 Å². The average molecular weight is 347 g/mol. The molecular weight excluding hydrogens is 326 g/mol. The van der Waals surface area contributed by atoms with E-state index in [9.17, 15) is 4.79 Å². The number of aryl methyl sites for hydroxylation is 1. The Labute approximate surface area is 152 Å². The molecule has 0 radical (unpaired) electrons. The van der Waals surface area contributed by atoms with E-state index in [1.165, 1.54) is 5.56 Å². The molecule has 2 aromatic carbocycles. The number of piperidine rings is 1. The van der Waals surface area contributed by atoms with Crippen molar-refractivity contribution in [3.05, 3.63) is 71.5 Å². The minimum Gasteiger partial charge on any atom is -0.339 e. The summed E-state index contributed by atoms with van der Waals surface area (Å²) in [4.78, 5) is 18.9. The Morgan fingerprint density at radius 2 is 1.73 bits per heavy atom. The van der Waals surface area contributed by atoms with Gasteiger partial charge in [-0.2, -0.15) is 4.98 Å². The van der Waals surface area contributed by atoms with Crippen LogP contribution in [0.4, 0.5) is 0 Å². The first kappa shape index (κ1) is 16.5. The van der Waals surface area contributed by atoms with Crippen molar-refractivity contribution < 1.29 is 9.32 Å². The van der Waals surface area contributed by atoms with Gasteiger partial charge in [-0.25, -0.2) is 0 Å². The van der Waals surface area contributed by atoms with Crippen molar-refractivity contribution in [2.24, 2.45) is 0 Å². The number of likely N-dealkylation sites (tertiary alicyclic amines) is 1. The number of rotatable bonds is 3. The molecule has 1 amide bonds. The fourth-order valence-corrected chi connectivity index (χ4v) is 3.49. The van der Waals surface area contributed by atoms with Gasteiger partial charge in [-0.1, -0.05) is 35.5 Å². The zero-order valence-corrected chi connectivity index (χ0v) is 14.8. The summed E-state index contributed by atoms with van der Waals surface area (Å²) in [5, 5.41) is 3.79. The van der Waals surface area contributed by atoms with Crippen LogP contribution in [0.25, 0.3) is 11.5 Å². The minimum atomic E-state index is 0.0878. The highest BCUT2D eigenvalue weighted by molar-refractivity contribution is 5.94. The lowest BCUT2D eigenvalue weighted by Gasteiger charge is -2.32. The van der Waals surface area contributed by atoms with Crippen molar-refractivity contribution in [3.63, 3.8) is 0 Å². The van der Waals surface area contributed by atoms with Gasteiger partial charge in [-0.15, -0.1) is 0 Å². The van der Waals surface area contributed by atoms with Gasteiger partial charge in [0.15, 0.2) is 5.82 Å². The molecule has 0 aliphatic carbocycles. The van der Waals surface area contributed by atoms with Crippen molar-refractivity contribution in [2.75, 3.05) is 13.1 Å². The van der Waals surface area contributed by atoms with Crippen molar-refractivity contribution in [2.45, 2.75) is 25.7 Å². The van der Waals surface area contributed by atoms with Crippen LogP contribution >= 0.6 is 0 Å². The lowest BCUT2D eigenvalue weighted by molar-refractivity contribution is 0.0713. The number of amides is 1. The van der Waals surface area contributed by atoms with Crippen LogP contribution in [-0.2, 0) is 0 Å². The highest BCUT2D eigenvalue weighted by atomic mass is 16.5. The Morgan fingerprint density at radius 1 is 1.04 bits per heavy atom. The van der Waals surface area contributed by atoms with Gasteiger partial charge in [0.1, 0.15) is 0 Å². The maximum Gasteiger partial charge on any atom is 0.257 e. The van der Waals surface area contributed by atoms with Crippen LogP contribution in [0.1, 0.15) is 40.5 Å². The molecule has 2 heterocycles. The van der Waals surface area contributed by atoms with E-state index in [4.69, 9.17) is 4.52 Å². The molecule has 1 saturated heterocycles. The molecule has 0 saturated carbocycles. The van der Waals surface area contributed by atoms with Crippen LogP contribution in [0.15, 0.2) is 59.1 Å². The van der Waals surface area contributed by atoms with Gasteiger partial charge in [0.2, 0.25) is 0 Å². The molecule has 1 aromatic heterocycles. The Kier molecular flexibility index (Phi) is 4.52. The lowest BCUT2D eigenvalue weighted by atomic mass is 9.89. The Bertz CT molecular complexity index is 879. The molecule has 5 nitrogen and oxygen atoms in total. The van der Waals surface area contributed by atoms with E-state index in [2.05, 4.69) is 34.4 Å². The van der Waals surface area contributed by atoms with E-state index < -0.39 is 0 Å². The number of hydrogen-bond donors (Lipinski definition) is 0.